The van der Waals surface area contributed by atoms with Crippen LogP contribution in [0.3, 0.4) is 0 Å². The molecule has 0 spiro atoms. The van der Waals surface area contributed by atoms with Crippen molar-refractivity contribution in [3.63, 3.8) is 0 Å². The molecule has 0 N–H and O–H groups in total. The molecule has 3 aromatic rings. The Hall–Kier alpha value is -1.55. The van der Waals surface area contributed by atoms with Gasteiger partial charge in [0.05, 0.1) is 10.4 Å². The Morgan fingerprint density at radius 1 is 1.10 bits per heavy atom. The lowest BCUT2D eigenvalue weighted by molar-refractivity contribution is -0.603. The molecule has 0 aliphatic heterocycles. The van der Waals surface area contributed by atoms with Crippen molar-refractivity contribution in [1.82, 2.24) is 4.98 Å². The van der Waals surface area contributed by atoms with Crippen LogP contribution in [0.2, 0.25) is 10.0 Å². The maximum Gasteiger partial charge on any atom is 0.317 e. The third-order valence-corrected chi connectivity index (χ3v) is 3.95. The van der Waals surface area contributed by atoms with E-state index in [1.165, 1.54) is 0 Å². The highest BCUT2D eigenvalue weighted by Crippen LogP contribution is 2.31. The van der Waals surface area contributed by atoms with Crippen molar-refractivity contribution in [3.8, 4) is 11.3 Å². The lowest BCUT2D eigenvalue weighted by Gasteiger charge is -2.14. The first-order valence-corrected chi connectivity index (χ1v) is 7.43. The lowest BCUT2D eigenvalue weighted by atomic mass is 10.1. The average molecular weight is 340 g/mol. The largest absolute Gasteiger partial charge is 0.710 e. The lowest BCUT2D eigenvalue weighted by Crippen LogP contribution is -2.35. The van der Waals surface area contributed by atoms with E-state index in [0.717, 1.165) is 0 Å². The van der Waals surface area contributed by atoms with Gasteiger partial charge in [-0.1, -0.05) is 35.3 Å². The fourth-order valence-corrected chi connectivity index (χ4v) is 2.78. The number of halogens is 3. The molecule has 0 aliphatic rings. The monoisotopic (exact) mass is 338 g/mol. The Labute approximate surface area is 136 Å². The number of hydrogen-bond acceptors (Lipinski definition) is 2. The summed E-state index contributed by atoms with van der Waals surface area (Å²) in [5, 5.41) is 14.2. The van der Waals surface area contributed by atoms with Gasteiger partial charge in [-0.2, -0.15) is 0 Å². The van der Waals surface area contributed by atoms with Crippen LogP contribution in [0.5, 0.6) is 0 Å². The Morgan fingerprint density at radius 3 is 2.57 bits per heavy atom. The van der Waals surface area contributed by atoms with Crippen molar-refractivity contribution in [3.05, 3.63) is 63.5 Å². The second-order valence-electron chi connectivity index (χ2n) is 4.45. The quantitative estimate of drug-likeness (QED) is 0.389. The third kappa shape index (κ3) is 2.53. The number of benzene rings is 2. The highest BCUT2D eigenvalue weighted by Gasteiger charge is 2.20. The van der Waals surface area contributed by atoms with Crippen LogP contribution in [0.15, 0.2) is 42.5 Å². The number of nitrogens with zero attached hydrogens (tertiary/aromatic N) is 2. The molecule has 3 rings (SSSR count). The number of rotatable bonds is 2. The Morgan fingerprint density at radius 2 is 1.86 bits per heavy atom. The third-order valence-electron chi connectivity index (χ3n) is 3.15. The first-order chi connectivity index (χ1) is 10.1. The Bertz CT molecular complexity index is 837. The maximum atomic E-state index is 12.5. The topological polar surface area (TPSA) is 39.8 Å². The molecule has 0 aliphatic carbocycles. The van der Waals surface area contributed by atoms with E-state index in [4.69, 9.17) is 34.8 Å². The van der Waals surface area contributed by atoms with Gasteiger partial charge in [-0.25, -0.2) is 4.73 Å². The van der Waals surface area contributed by atoms with Gasteiger partial charge in [-0.15, -0.1) is 11.6 Å². The number of hydrogen-bond donors (Lipinski definition) is 0. The van der Waals surface area contributed by atoms with E-state index in [0.29, 0.717) is 36.9 Å². The van der Waals surface area contributed by atoms with Crippen LogP contribution in [-0.2, 0) is 5.88 Å². The summed E-state index contributed by atoms with van der Waals surface area (Å²) in [7, 11) is 0. The van der Waals surface area contributed by atoms with Gasteiger partial charge in [0.1, 0.15) is 5.88 Å². The van der Waals surface area contributed by atoms with Crippen molar-refractivity contribution >= 4 is 45.7 Å². The van der Waals surface area contributed by atoms with E-state index < -0.39 is 0 Å². The van der Waals surface area contributed by atoms with Crippen LogP contribution in [0.1, 0.15) is 5.82 Å². The first-order valence-electron chi connectivity index (χ1n) is 6.14. The summed E-state index contributed by atoms with van der Waals surface area (Å²) in [6, 6.07) is 12.3. The zero-order chi connectivity index (χ0) is 15.0. The van der Waals surface area contributed by atoms with Crippen molar-refractivity contribution in [2.75, 3.05) is 0 Å². The van der Waals surface area contributed by atoms with Crippen molar-refractivity contribution < 1.29 is 4.73 Å². The van der Waals surface area contributed by atoms with Crippen molar-refractivity contribution in [2.45, 2.75) is 5.88 Å². The molecule has 0 unspecified atom stereocenters. The molecule has 0 atom stereocenters. The number of aromatic nitrogens is 2. The number of fused-ring (bicyclic) bond motifs is 1. The predicted molar refractivity (Wildman–Crippen MR) is 85.7 cm³/mol. The molecule has 1 heterocycles. The molecule has 1 aromatic heterocycles. The minimum Gasteiger partial charge on any atom is -0.710 e. The smallest absolute Gasteiger partial charge is 0.317 e. The normalized spacial score (nSPS) is 11.0. The van der Waals surface area contributed by atoms with Crippen LogP contribution >= 0.6 is 34.8 Å². The van der Waals surface area contributed by atoms with Crippen LogP contribution < -0.4 is 4.73 Å². The zero-order valence-corrected chi connectivity index (χ0v) is 13.0. The van der Waals surface area contributed by atoms with E-state index in [2.05, 4.69) is 4.98 Å². The molecule has 2 aromatic carbocycles. The summed E-state index contributed by atoms with van der Waals surface area (Å²) in [6.45, 7) is 0. The number of alkyl halides is 1. The molecule has 21 heavy (non-hydrogen) atoms. The predicted octanol–water partition coefficient (Wildman–Crippen LogP) is 4.58. The van der Waals surface area contributed by atoms with Gasteiger partial charge in [0.25, 0.3) is 0 Å². The summed E-state index contributed by atoms with van der Waals surface area (Å²) in [4.78, 5) is 4.27. The molecule has 0 saturated carbocycles. The zero-order valence-electron chi connectivity index (χ0n) is 10.7. The van der Waals surface area contributed by atoms with E-state index in [1.54, 1.807) is 36.4 Å². The molecule has 106 valence electrons. The van der Waals surface area contributed by atoms with Crippen LogP contribution in [-0.4, -0.2) is 4.98 Å². The standard InChI is InChI=1S/C15H9Cl3N2O/c16-8-14-19-13-6-5-9(17)7-11(13)15(20(14)21)10-3-1-2-4-12(10)18/h1-7H,8H2. The summed E-state index contributed by atoms with van der Waals surface area (Å²) in [6.07, 6.45) is 0. The minimum atomic E-state index is 0.0134. The average Bonchev–Trinajstić information content (AvgIpc) is 2.48. The summed E-state index contributed by atoms with van der Waals surface area (Å²) in [5.74, 6) is 0.237. The highest BCUT2D eigenvalue weighted by atomic mass is 35.5. The Balaban J connectivity index is 2.46. The van der Waals surface area contributed by atoms with Gasteiger partial charge in [-0.3, -0.25) is 0 Å². The summed E-state index contributed by atoms with van der Waals surface area (Å²) >= 11 is 18.1. The van der Waals surface area contributed by atoms with Gasteiger partial charge in [-0.05, 0) is 35.3 Å². The van der Waals surface area contributed by atoms with Crippen molar-refractivity contribution in [2.24, 2.45) is 0 Å². The molecule has 0 saturated heterocycles. The molecule has 0 amide bonds. The molecule has 0 fully saturated rings. The van der Waals surface area contributed by atoms with Gasteiger partial charge in [0.2, 0.25) is 0 Å². The molecule has 0 radical (unpaired) electrons. The van der Waals surface area contributed by atoms with Gasteiger partial charge >= 0.3 is 5.82 Å². The second-order valence-corrected chi connectivity index (χ2v) is 5.56. The van der Waals surface area contributed by atoms with Crippen LogP contribution in [0.4, 0.5) is 0 Å². The van der Waals surface area contributed by atoms with Gasteiger partial charge in [0, 0.05) is 10.6 Å². The minimum absolute atomic E-state index is 0.0134. The van der Waals surface area contributed by atoms with E-state index in [1.807, 2.05) is 6.07 Å². The Kier molecular flexibility index (Phi) is 3.89. The van der Waals surface area contributed by atoms with Gasteiger partial charge in [0.15, 0.2) is 11.2 Å². The van der Waals surface area contributed by atoms with E-state index in [-0.39, 0.29) is 11.7 Å². The second kappa shape index (κ2) is 5.68. The maximum absolute atomic E-state index is 12.5. The first kappa shape index (κ1) is 14.4. The molecular formula is C15H9Cl3N2O. The molecular weight excluding hydrogens is 331 g/mol. The van der Waals surface area contributed by atoms with E-state index >= 15 is 0 Å². The molecule has 6 heteroatoms. The van der Waals surface area contributed by atoms with E-state index in [9.17, 15) is 5.21 Å². The fourth-order valence-electron chi connectivity index (χ4n) is 2.21. The summed E-state index contributed by atoms with van der Waals surface area (Å²) in [5.41, 5.74) is 1.68. The fraction of sp³-hybridized carbons (Fsp3) is 0.0667. The van der Waals surface area contributed by atoms with Gasteiger partial charge < -0.3 is 5.21 Å². The highest BCUT2D eigenvalue weighted by molar-refractivity contribution is 6.34. The molecule has 0 bridgehead atoms. The van der Waals surface area contributed by atoms with Crippen molar-refractivity contribution in [1.29, 1.82) is 0 Å². The molecule has 3 nitrogen and oxygen atoms in total. The summed E-state index contributed by atoms with van der Waals surface area (Å²) < 4.78 is 0.715. The van der Waals surface area contributed by atoms with Crippen LogP contribution in [0, 0.1) is 5.21 Å². The SMILES string of the molecule is [O-][n+]1c(CCl)nc2ccc(Cl)cc2c1-c1ccccc1Cl. The van der Waals surface area contributed by atoms with Crippen LogP contribution in [0.25, 0.3) is 22.2 Å².